The average Bonchev–Trinajstić information content (AvgIpc) is 2.06. The van der Waals surface area contributed by atoms with Crippen molar-refractivity contribution in [3.8, 4) is 12.3 Å². The first-order valence-corrected chi connectivity index (χ1v) is 4.92. The van der Waals surface area contributed by atoms with E-state index in [1.807, 2.05) is 0 Å². The van der Waals surface area contributed by atoms with Gasteiger partial charge in [-0.25, -0.2) is 0 Å². The zero-order valence-electron chi connectivity index (χ0n) is 8.05. The summed E-state index contributed by atoms with van der Waals surface area (Å²) in [6.07, 6.45) is 12.1. The van der Waals surface area contributed by atoms with E-state index in [2.05, 4.69) is 12.8 Å². The zero-order valence-corrected chi connectivity index (χ0v) is 8.05. The molecule has 0 aromatic heterocycles. The van der Waals surface area contributed by atoms with Crippen LogP contribution in [0.2, 0.25) is 0 Å². The van der Waals surface area contributed by atoms with E-state index in [1.54, 1.807) is 0 Å². The van der Waals surface area contributed by atoms with Gasteiger partial charge in [0.25, 0.3) is 0 Å². The maximum absolute atomic E-state index is 9.43. The van der Waals surface area contributed by atoms with Gasteiger partial charge in [-0.05, 0) is 19.3 Å². The molecule has 1 unspecified atom stereocenters. The third kappa shape index (κ3) is 7.63. The van der Waals surface area contributed by atoms with Gasteiger partial charge in [-0.3, -0.25) is 0 Å². The Labute approximate surface area is 76.2 Å². The van der Waals surface area contributed by atoms with Crippen molar-refractivity contribution in [2.45, 2.75) is 58.0 Å². The van der Waals surface area contributed by atoms with E-state index < -0.39 is 0 Å². The van der Waals surface area contributed by atoms with Crippen molar-refractivity contribution < 1.29 is 5.11 Å². The molecule has 0 radical (unpaired) electrons. The highest BCUT2D eigenvalue weighted by molar-refractivity contribution is 4.83. The van der Waals surface area contributed by atoms with Gasteiger partial charge in [0.05, 0.1) is 6.10 Å². The second-order valence-corrected chi connectivity index (χ2v) is 3.25. The minimum atomic E-state index is -0.120. The molecule has 0 spiro atoms. The Hall–Kier alpha value is -0.480. The van der Waals surface area contributed by atoms with Crippen molar-refractivity contribution >= 4 is 0 Å². The van der Waals surface area contributed by atoms with Gasteiger partial charge in [0.15, 0.2) is 0 Å². The summed E-state index contributed by atoms with van der Waals surface area (Å²) in [5, 5.41) is 9.43. The Balaban J connectivity index is 3.11. The average molecular weight is 168 g/mol. The molecular weight excluding hydrogens is 148 g/mol. The van der Waals surface area contributed by atoms with Gasteiger partial charge in [-0.2, -0.15) is 0 Å². The largest absolute Gasteiger partial charge is 0.393 e. The number of hydrogen-bond acceptors (Lipinski definition) is 1. The maximum atomic E-state index is 9.43. The van der Waals surface area contributed by atoms with Gasteiger partial charge in [0.1, 0.15) is 0 Å². The monoisotopic (exact) mass is 168 g/mol. The van der Waals surface area contributed by atoms with Crippen LogP contribution in [-0.4, -0.2) is 11.2 Å². The standard InChI is InChI=1S/C11H20O/c1-3-5-7-9-11(12)10-8-6-4-2/h1,11-12H,4-10H2,2H3. The van der Waals surface area contributed by atoms with Crippen LogP contribution in [0.1, 0.15) is 51.9 Å². The van der Waals surface area contributed by atoms with Gasteiger partial charge in [0.2, 0.25) is 0 Å². The van der Waals surface area contributed by atoms with Crippen molar-refractivity contribution in [3.63, 3.8) is 0 Å². The van der Waals surface area contributed by atoms with Gasteiger partial charge >= 0.3 is 0 Å². The fourth-order valence-electron chi connectivity index (χ4n) is 1.21. The number of terminal acetylenes is 1. The molecule has 0 heterocycles. The van der Waals surface area contributed by atoms with Crippen LogP contribution < -0.4 is 0 Å². The van der Waals surface area contributed by atoms with E-state index in [4.69, 9.17) is 6.42 Å². The van der Waals surface area contributed by atoms with Crippen molar-refractivity contribution in [1.29, 1.82) is 0 Å². The zero-order chi connectivity index (χ0) is 9.23. The molecule has 0 aromatic carbocycles. The van der Waals surface area contributed by atoms with Crippen molar-refractivity contribution in [1.82, 2.24) is 0 Å². The molecule has 0 amide bonds. The first kappa shape index (κ1) is 11.5. The quantitative estimate of drug-likeness (QED) is 0.458. The molecule has 1 heteroatoms. The molecule has 0 rings (SSSR count). The topological polar surface area (TPSA) is 20.2 Å². The van der Waals surface area contributed by atoms with E-state index in [9.17, 15) is 5.11 Å². The van der Waals surface area contributed by atoms with Crippen LogP contribution in [0, 0.1) is 12.3 Å². The van der Waals surface area contributed by atoms with Crippen molar-refractivity contribution in [2.24, 2.45) is 0 Å². The predicted octanol–water partition coefficient (Wildman–Crippen LogP) is 2.73. The van der Waals surface area contributed by atoms with Gasteiger partial charge < -0.3 is 5.11 Å². The summed E-state index contributed by atoms with van der Waals surface area (Å²) in [7, 11) is 0. The number of rotatable bonds is 7. The second-order valence-electron chi connectivity index (χ2n) is 3.25. The van der Waals surface area contributed by atoms with Gasteiger partial charge in [-0.15, -0.1) is 12.3 Å². The van der Waals surface area contributed by atoms with Crippen LogP contribution in [0.15, 0.2) is 0 Å². The summed E-state index contributed by atoms with van der Waals surface area (Å²) in [6, 6.07) is 0. The Bertz CT molecular complexity index is 123. The number of hydrogen-bond donors (Lipinski definition) is 1. The highest BCUT2D eigenvalue weighted by atomic mass is 16.3. The van der Waals surface area contributed by atoms with Crippen LogP contribution in [-0.2, 0) is 0 Å². The summed E-state index contributed by atoms with van der Waals surface area (Å²) in [5.74, 6) is 2.58. The number of unbranched alkanes of at least 4 members (excludes halogenated alkanes) is 3. The molecule has 1 atom stereocenters. The van der Waals surface area contributed by atoms with Crippen LogP contribution in [0.5, 0.6) is 0 Å². The lowest BCUT2D eigenvalue weighted by molar-refractivity contribution is 0.149. The Morgan fingerprint density at radius 2 is 1.92 bits per heavy atom. The normalized spacial score (nSPS) is 12.4. The number of aliphatic hydroxyl groups is 1. The lowest BCUT2D eigenvalue weighted by atomic mass is 10.1. The smallest absolute Gasteiger partial charge is 0.0540 e. The minimum absolute atomic E-state index is 0.120. The molecule has 0 bridgehead atoms. The van der Waals surface area contributed by atoms with E-state index in [1.165, 1.54) is 12.8 Å². The van der Waals surface area contributed by atoms with E-state index in [0.29, 0.717) is 0 Å². The highest BCUT2D eigenvalue weighted by Crippen LogP contribution is 2.08. The van der Waals surface area contributed by atoms with Gasteiger partial charge in [0, 0.05) is 6.42 Å². The summed E-state index contributed by atoms with van der Waals surface area (Å²) in [5.41, 5.74) is 0. The van der Waals surface area contributed by atoms with Crippen LogP contribution in [0.3, 0.4) is 0 Å². The molecular formula is C11H20O. The first-order chi connectivity index (χ1) is 5.81. The highest BCUT2D eigenvalue weighted by Gasteiger charge is 2.01. The molecule has 12 heavy (non-hydrogen) atoms. The van der Waals surface area contributed by atoms with Crippen LogP contribution in [0.25, 0.3) is 0 Å². The Morgan fingerprint density at radius 1 is 1.25 bits per heavy atom. The Morgan fingerprint density at radius 3 is 2.50 bits per heavy atom. The molecule has 0 aliphatic heterocycles. The molecule has 0 saturated heterocycles. The predicted molar refractivity (Wildman–Crippen MR) is 52.8 cm³/mol. The molecule has 70 valence electrons. The van der Waals surface area contributed by atoms with E-state index in [-0.39, 0.29) is 6.10 Å². The third-order valence-electron chi connectivity index (χ3n) is 2.00. The first-order valence-electron chi connectivity index (χ1n) is 4.92. The summed E-state index contributed by atoms with van der Waals surface area (Å²) >= 11 is 0. The van der Waals surface area contributed by atoms with Gasteiger partial charge in [-0.1, -0.05) is 26.2 Å². The summed E-state index contributed by atoms with van der Waals surface area (Å²) < 4.78 is 0. The van der Waals surface area contributed by atoms with Crippen molar-refractivity contribution in [2.75, 3.05) is 0 Å². The minimum Gasteiger partial charge on any atom is -0.393 e. The fourth-order valence-corrected chi connectivity index (χ4v) is 1.21. The van der Waals surface area contributed by atoms with Crippen LogP contribution in [0.4, 0.5) is 0 Å². The Kier molecular flexibility index (Phi) is 8.27. The molecule has 0 aliphatic carbocycles. The SMILES string of the molecule is C#CCCCC(O)CCCCC. The molecule has 0 fully saturated rings. The second kappa shape index (κ2) is 8.62. The summed E-state index contributed by atoms with van der Waals surface area (Å²) in [4.78, 5) is 0. The summed E-state index contributed by atoms with van der Waals surface area (Å²) in [6.45, 7) is 2.17. The molecule has 1 nitrogen and oxygen atoms in total. The lowest BCUT2D eigenvalue weighted by Crippen LogP contribution is -2.05. The van der Waals surface area contributed by atoms with Crippen LogP contribution >= 0.6 is 0 Å². The molecule has 1 N–H and O–H groups in total. The van der Waals surface area contributed by atoms with Crippen molar-refractivity contribution in [3.05, 3.63) is 0 Å². The third-order valence-corrected chi connectivity index (χ3v) is 2.00. The fraction of sp³-hybridized carbons (Fsp3) is 0.818. The maximum Gasteiger partial charge on any atom is 0.0540 e. The van der Waals surface area contributed by atoms with E-state index >= 15 is 0 Å². The lowest BCUT2D eigenvalue weighted by Gasteiger charge is -2.08. The molecule has 0 aliphatic rings. The number of aliphatic hydroxyl groups excluding tert-OH is 1. The van der Waals surface area contributed by atoms with E-state index in [0.717, 1.165) is 32.1 Å². The molecule has 0 aromatic rings. The molecule has 0 saturated carbocycles.